The van der Waals surface area contributed by atoms with Crippen molar-refractivity contribution < 1.29 is 9.53 Å². The lowest BCUT2D eigenvalue weighted by atomic mass is 9.99. The van der Waals surface area contributed by atoms with Gasteiger partial charge in [0.15, 0.2) is 0 Å². The van der Waals surface area contributed by atoms with Crippen LogP contribution < -0.4 is 5.32 Å². The van der Waals surface area contributed by atoms with E-state index in [1.165, 1.54) is 11.1 Å². The van der Waals surface area contributed by atoms with E-state index in [0.29, 0.717) is 6.54 Å². The average Bonchev–Trinajstić information content (AvgIpc) is 2.64. The number of fused-ring (bicyclic) bond motifs is 1. The molecule has 4 heteroatoms. The van der Waals surface area contributed by atoms with E-state index in [4.69, 9.17) is 9.72 Å². The molecule has 2 aromatic carbocycles. The van der Waals surface area contributed by atoms with Gasteiger partial charge in [-0.2, -0.15) is 0 Å². The summed E-state index contributed by atoms with van der Waals surface area (Å²) >= 11 is 0. The Morgan fingerprint density at radius 3 is 2.54 bits per heavy atom. The van der Waals surface area contributed by atoms with Gasteiger partial charge in [0.1, 0.15) is 5.60 Å². The van der Waals surface area contributed by atoms with E-state index < -0.39 is 5.60 Å². The number of para-hydroxylation sites is 1. The van der Waals surface area contributed by atoms with Gasteiger partial charge in [-0.05, 0) is 57.7 Å². The molecule has 0 radical (unpaired) electrons. The monoisotopic (exact) mass is 376 g/mol. The summed E-state index contributed by atoms with van der Waals surface area (Å²) in [5.41, 5.74) is 5.05. The van der Waals surface area contributed by atoms with Gasteiger partial charge in [0.25, 0.3) is 0 Å². The van der Waals surface area contributed by atoms with Crippen molar-refractivity contribution in [2.45, 2.75) is 46.1 Å². The van der Waals surface area contributed by atoms with Crippen LogP contribution in [-0.4, -0.2) is 23.2 Å². The maximum Gasteiger partial charge on any atom is 0.407 e. The highest BCUT2D eigenvalue weighted by Crippen LogP contribution is 2.28. The van der Waals surface area contributed by atoms with Gasteiger partial charge < -0.3 is 10.1 Å². The van der Waals surface area contributed by atoms with Crippen LogP contribution in [0, 0.1) is 6.92 Å². The highest BCUT2D eigenvalue weighted by Gasteiger charge is 2.16. The normalized spacial score (nSPS) is 11.4. The molecule has 4 nitrogen and oxygen atoms in total. The number of pyridine rings is 1. The Kier molecular flexibility index (Phi) is 5.98. The van der Waals surface area contributed by atoms with Gasteiger partial charge >= 0.3 is 6.09 Å². The van der Waals surface area contributed by atoms with Crippen molar-refractivity contribution in [1.82, 2.24) is 10.3 Å². The van der Waals surface area contributed by atoms with Crippen LogP contribution in [0.5, 0.6) is 0 Å². The zero-order chi connectivity index (χ0) is 20.1. The van der Waals surface area contributed by atoms with Crippen LogP contribution >= 0.6 is 0 Å². The molecule has 0 bridgehead atoms. The Hall–Kier alpha value is -2.88. The van der Waals surface area contributed by atoms with Gasteiger partial charge in [0.2, 0.25) is 0 Å². The van der Waals surface area contributed by atoms with Gasteiger partial charge in [-0.25, -0.2) is 9.78 Å². The number of aromatic nitrogens is 1. The molecule has 1 aromatic heterocycles. The first-order valence-corrected chi connectivity index (χ1v) is 9.75. The molecule has 146 valence electrons. The van der Waals surface area contributed by atoms with Crippen molar-refractivity contribution in [3.63, 3.8) is 0 Å². The van der Waals surface area contributed by atoms with Crippen molar-refractivity contribution in [2.24, 2.45) is 0 Å². The third-order valence-corrected chi connectivity index (χ3v) is 4.46. The molecule has 0 saturated carbocycles. The van der Waals surface area contributed by atoms with Crippen LogP contribution in [0.4, 0.5) is 4.79 Å². The molecular weight excluding hydrogens is 348 g/mol. The number of ether oxygens (including phenoxy) is 1. The molecule has 1 N–H and O–H groups in total. The summed E-state index contributed by atoms with van der Waals surface area (Å²) in [5, 5.41) is 3.98. The minimum absolute atomic E-state index is 0.372. The number of carbonyl (C=O) groups excluding carboxylic acids is 1. The summed E-state index contributed by atoms with van der Waals surface area (Å²) in [6.07, 6.45) is 1.28. The van der Waals surface area contributed by atoms with Crippen LogP contribution in [-0.2, 0) is 11.2 Å². The molecule has 0 aliphatic carbocycles. The van der Waals surface area contributed by atoms with E-state index in [1.54, 1.807) is 0 Å². The highest BCUT2D eigenvalue weighted by molar-refractivity contribution is 5.85. The third kappa shape index (κ3) is 5.10. The molecule has 1 heterocycles. The zero-order valence-corrected chi connectivity index (χ0v) is 17.1. The van der Waals surface area contributed by atoms with Crippen LogP contribution in [0.3, 0.4) is 0 Å². The number of alkyl carbamates (subject to hydrolysis) is 1. The Morgan fingerprint density at radius 1 is 1.07 bits per heavy atom. The first-order chi connectivity index (χ1) is 13.3. The van der Waals surface area contributed by atoms with Gasteiger partial charge in [0, 0.05) is 17.5 Å². The standard InChI is InChI=1S/C24H28N2O2/c1-17-10-8-13-19-16-20(14-9-15-25-23(27)28-24(2,3)4)22(26-21(17)19)18-11-6-5-7-12-18/h5-8,10-13,16H,9,14-15H2,1-4H3,(H,25,27). The Labute approximate surface area is 166 Å². The summed E-state index contributed by atoms with van der Waals surface area (Å²) in [6.45, 7) is 8.24. The maximum absolute atomic E-state index is 11.8. The minimum Gasteiger partial charge on any atom is -0.444 e. The van der Waals surface area contributed by atoms with Gasteiger partial charge in [-0.15, -0.1) is 0 Å². The van der Waals surface area contributed by atoms with Crippen molar-refractivity contribution in [1.29, 1.82) is 0 Å². The molecular formula is C24H28N2O2. The van der Waals surface area contributed by atoms with Crippen molar-refractivity contribution >= 4 is 17.0 Å². The summed E-state index contributed by atoms with van der Waals surface area (Å²) in [6, 6.07) is 18.8. The van der Waals surface area contributed by atoms with Crippen molar-refractivity contribution in [3.05, 3.63) is 65.7 Å². The largest absolute Gasteiger partial charge is 0.444 e. The maximum atomic E-state index is 11.8. The number of carbonyl (C=O) groups is 1. The molecule has 0 aliphatic heterocycles. The van der Waals surface area contributed by atoms with E-state index in [9.17, 15) is 4.79 Å². The minimum atomic E-state index is -0.481. The first-order valence-electron chi connectivity index (χ1n) is 9.75. The van der Waals surface area contributed by atoms with Gasteiger partial charge in [-0.1, -0.05) is 48.5 Å². The fourth-order valence-corrected chi connectivity index (χ4v) is 3.21. The second-order valence-electron chi connectivity index (χ2n) is 8.04. The second kappa shape index (κ2) is 8.42. The summed E-state index contributed by atoms with van der Waals surface area (Å²) < 4.78 is 5.29. The molecule has 0 atom stereocenters. The molecule has 0 saturated heterocycles. The van der Waals surface area contributed by atoms with E-state index in [-0.39, 0.29) is 6.09 Å². The number of aryl methyl sites for hydroxylation is 2. The lowest BCUT2D eigenvalue weighted by Crippen LogP contribution is -2.33. The smallest absolute Gasteiger partial charge is 0.407 e. The third-order valence-electron chi connectivity index (χ3n) is 4.46. The first kappa shape index (κ1) is 19.9. The fraction of sp³-hybridized carbons (Fsp3) is 0.333. The SMILES string of the molecule is Cc1cccc2cc(CCCNC(=O)OC(C)(C)C)c(-c3ccccc3)nc12. The number of rotatable bonds is 5. The fourth-order valence-electron chi connectivity index (χ4n) is 3.21. The predicted molar refractivity (Wildman–Crippen MR) is 114 cm³/mol. The predicted octanol–water partition coefficient (Wildman–Crippen LogP) is 5.67. The molecule has 3 aromatic rings. The van der Waals surface area contributed by atoms with Gasteiger partial charge in [0.05, 0.1) is 11.2 Å². The quantitative estimate of drug-likeness (QED) is 0.584. The molecule has 0 aliphatic rings. The van der Waals surface area contributed by atoms with Crippen LogP contribution in [0.15, 0.2) is 54.6 Å². The van der Waals surface area contributed by atoms with E-state index >= 15 is 0 Å². The Morgan fingerprint density at radius 2 is 1.82 bits per heavy atom. The number of hydrogen-bond donors (Lipinski definition) is 1. The van der Waals surface area contributed by atoms with Crippen molar-refractivity contribution in [3.8, 4) is 11.3 Å². The number of amides is 1. The van der Waals surface area contributed by atoms with Crippen LogP contribution in [0.1, 0.15) is 38.3 Å². The zero-order valence-electron chi connectivity index (χ0n) is 17.1. The number of nitrogens with one attached hydrogen (secondary N) is 1. The Bertz CT molecular complexity index is 959. The average molecular weight is 377 g/mol. The van der Waals surface area contributed by atoms with E-state index in [2.05, 4.69) is 48.6 Å². The summed E-state index contributed by atoms with van der Waals surface area (Å²) in [4.78, 5) is 16.8. The van der Waals surface area contributed by atoms with E-state index in [0.717, 1.165) is 35.0 Å². The summed E-state index contributed by atoms with van der Waals surface area (Å²) in [5.74, 6) is 0. The van der Waals surface area contributed by atoms with Crippen LogP contribution in [0.2, 0.25) is 0 Å². The molecule has 1 amide bonds. The topological polar surface area (TPSA) is 51.2 Å². The number of benzene rings is 2. The number of nitrogens with zero attached hydrogens (tertiary/aromatic N) is 1. The molecule has 28 heavy (non-hydrogen) atoms. The lowest BCUT2D eigenvalue weighted by molar-refractivity contribution is 0.0527. The molecule has 0 unspecified atom stereocenters. The van der Waals surface area contributed by atoms with Crippen LogP contribution in [0.25, 0.3) is 22.2 Å². The highest BCUT2D eigenvalue weighted by atomic mass is 16.6. The summed E-state index contributed by atoms with van der Waals surface area (Å²) in [7, 11) is 0. The molecule has 3 rings (SSSR count). The molecule has 0 fully saturated rings. The number of hydrogen-bond acceptors (Lipinski definition) is 3. The molecule has 0 spiro atoms. The van der Waals surface area contributed by atoms with Gasteiger partial charge in [-0.3, -0.25) is 0 Å². The van der Waals surface area contributed by atoms with E-state index in [1.807, 2.05) is 39.0 Å². The lowest BCUT2D eigenvalue weighted by Gasteiger charge is -2.19. The Balaban J connectivity index is 1.79. The second-order valence-corrected chi connectivity index (χ2v) is 8.04. The van der Waals surface area contributed by atoms with Crippen molar-refractivity contribution in [2.75, 3.05) is 6.54 Å².